The van der Waals surface area contributed by atoms with E-state index < -0.39 is 5.69 Å². The molecule has 0 aliphatic carbocycles. The standard InChI is InChI=1S/C18H21BrN4O2S/c1-22-15-14(16(24)21-17(22)25)23(18(20-15)26-12-6-10-19)11-5-9-13-7-3-2-4-8-13/h2-4,7-8H,5-6,9-12H2,1H3,(H,21,24,25). The van der Waals surface area contributed by atoms with E-state index in [0.717, 1.165) is 35.5 Å². The number of hydrogen-bond acceptors (Lipinski definition) is 4. The van der Waals surface area contributed by atoms with Crippen molar-refractivity contribution in [1.82, 2.24) is 19.1 Å². The first-order chi connectivity index (χ1) is 12.6. The van der Waals surface area contributed by atoms with Crippen LogP contribution in [0, 0.1) is 0 Å². The fourth-order valence-corrected chi connectivity index (χ4v) is 4.45. The van der Waals surface area contributed by atoms with Gasteiger partial charge in [-0.05, 0) is 24.8 Å². The number of aromatic nitrogens is 4. The minimum absolute atomic E-state index is 0.373. The molecule has 2 heterocycles. The van der Waals surface area contributed by atoms with Crippen LogP contribution in [0.3, 0.4) is 0 Å². The van der Waals surface area contributed by atoms with Crippen molar-refractivity contribution in [3.63, 3.8) is 0 Å². The number of hydrogen-bond donors (Lipinski definition) is 1. The Hall–Kier alpha value is -1.80. The quantitative estimate of drug-likeness (QED) is 0.334. The number of thioether (sulfide) groups is 1. The molecular formula is C18H21BrN4O2S. The van der Waals surface area contributed by atoms with Gasteiger partial charge in [-0.15, -0.1) is 0 Å². The zero-order chi connectivity index (χ0) is 18.5. The van der Waals surface area contributed by atoms with Gasteiger partial charge in [0.25, 0.3) is 5.56 Å². The Bertz CT molecular complexity index is 994. The van der Waals surface area contributed by atoms with E-state index in [1.54, 1.807) is 18.8 Å². The fraction of sp³-hybridized carbons (Fsp3) is 0.389. The van der Waals surface area contributed by atoms with Crippen LogP contribution in [0.15, 0.2) is 45.1 Å². The Morgan fingerprint density at radius 1 is 1.19 bits per heavy atom. The first-order valence-electron chi connectivity index (χ1n) is 8.54. The molecular weight excluding hydrogens is 416 g/mol. The number of nitrogens with zero attached hydrogens (tertiary/aromatic N) is 3. The molecule has 26 heavy (non-hydrogen) atoms. The van der Waals surface area contributed by atoms with Crippen molar-refractivity contribution in [3.8, 4) is 0 Å². The molecule has 2 aromatic heterocycles. The highest BCUT2D eigenvalue weighted by atomic mass is 79.9. The lowest BCUT2D eigenvalue weighted by atomic mass is 10.1. The maximum Gasteiger partial charge on any atom is 0.329 e. The summed E-state index contributed by atoms with van der Waals surface area (Å²) in [6, 6.07) is 10.3. The second-order valence-corrected chi connectivity index (χ2v) is 7.87. The van der Waals surface area contributed by atoms with Crippen LogP contribution in [0.1, 0.15) is 18.4 Å². The molecule has 6 nitrogen and oxygen atoms in total. The lowest BCUT2D eigenvalue weighted by Gasteiger charge is -2.08. The third-order valence-electron chi connectivity index (χ3n) is 4.17. The van der Waals surface area contributed by atoms with Crippen LogP contribution in [0.4, 0.5) is 0 Å². The van der Waals surface area contributed by atoms with Gasteiger partial charge in [-0.25, -0.2) is 9.78 Å². The highest BCUT2D eigenvalue weighted by molar-refractivity contribution is 9.09. The molecule has 0 unspecified atom stereocenters. The number of aryl methyl sites for hydroxylation is 3. The van der Waals surface area contributed by atoms with E-state index >= 15 is 0 Å². The first kappa shape index (κ1) is 19.0. The zero-order valence-corrected chi connectivity index (χ0v) is 17.0. The summed E-state index contributed by atoms with van der Waals surface area (Å²) in [5.74, 6) is 0.902. The van der Waals surface area contributed by atoms with Crippen molar-refractivity contribution in [2.24, 2.45) is 7.05 Å². The predicted molar refractivity (Wildman–Crippen MR) is 109 cm³/mol. The summed E-state index contributed by atoms with van der Waals surface area (Å²) < 4.78 is 3.36. The third-order valence-corrected chi connectivity index (χ3v) is 5.79. The van der Waals surface area contributed by atoms with Crippen molar-refractivity contribution in [2.45, 2.75) is 31.0 Å². The zero-order valence-electron chi connectivity index (χ0n) is 14.6. The van der Waals surface area contributed by atoms with Gasteiger partial charge in [-0.2, -0.15) is 0 Å². The molecule has 3 aromatic rings. The number of fused-ring (bicyclic) bond motifs is 1. The molecule has 8 heteroatoms. The largest absolute Gasteiger partial charge is 0.329 e. The monoisotopic (exact) mass is 436 g/mol. The number of halogens is 1. The maximum atomic E-state index is 12.4. The molecule has 0 bridgehead atoms. The third kappa shape index (κ3) is 4.12. The molecule has 0 saturated carbocycles. The van der Waals surface area contributed by atoms with Gasteiger partial charge < -0.3 is 4.57 Å². The lowest BCUT2D eigenvalue weighted by molar-refractivity contribution is 0.608. The van der Waals surface area contributed by atoms with Crippen LogP contribution in [-0.4, -0.2) is 30.2 Å². The van der Waals surface area contributed by atoms with E-state index in [-0.39, 0.29) is 5.56 Å². The Morgan fingerprint density at radius 2 is 1.96 bits per heavy atom. The predicted octanol–water partition coefficient (Wildman–Crippen LogP) is 2.93. The Balaban J connectivity index is 1.92. The number of aromatic amines is 1. The van der Waals surface area contributed by atoms with Crippen LogP contribution < -0.4 is 11.2 Å². The van der Waals surface area contributed by atoms with Gasteiger partial charge in [0, 0.05) is 24.7 Å². The van der Waals surface area contributed by atoms with Crippen molar-refractivity contribution in [2.75, 3.05) is 11.1 Å². The van der Waals surface area contributed by atoms with E-state index in [1.165, 1.54) is 10.1 Å². The number of imidazole rings is 1. The van der Waals surface area contributed by atoms with Crippen LogP contribution in [-0.2, 0) is 20.0 Å². The van der Waals surface area contributed by atoms with Crippen LogP contribution in [0.25, 0.3) is 11.2 Å². The molecule has 0 spiro atoms. The molecule has 0 saturated heterocycles. The second-order valence-electron chi connectivity index (χ2n) is 6.02. The van der Waals surface area contributed by atoms with E-state index in [0.29, 0.717) is 17.7 Å². The van der Waals surface area contributed by atoms with Crippen molar-refractivity contribution in [3.05, 3.63) is 56.7 Å². The summed E-state index contributed by atoms with van der Waals surface area (Å²) in [5, 5.41) is 1.72. The maximum absolute atomic E-state index is 12.4. The van der Waals surface area contributed by atoms with Gasteiger partial charge in [-0.3, -0.25) is 14.3 Å². The number of rotatable bonds is 8. The Morgan fingerprint density at radius 3 is 2.69 bits per heavy atom. The fourth-order valence-electron chi connectivity index (χ4n) is 2.84. The van der Waals surface area contributed by atoms with Crippen molar-refractivity contribution < 1.29 is 0 Å². The lowest BCUT2D eigenvalue weighted by Crippen LogP contribution is -2.29. The number of benzene rings is 1. The minimum atomic E-state index is -0.437. The molecule has 3 rings (SSSR count). The normalized spacial score (nSPS) is 11.3. The highest BCUT2D eigenvalue weighted by Gasteiger charge is 2.17. The van der Waals surface area contributed by atoms with E-state index in [1.807, 2.05) is 22.8 Å². The highest BCUT2D eigenvalue weighted by Crippen LogP contribution is 2.23. The van der Waals surface area contributed by atoms with Crippen molar-refractivity contribution >= 4 is 38.9 Å². The minimum Gasteiger partial charge on any atom is -0.313 e. The van der Waals surface area contributed by atoms with Gasteiger partial charge in [0.2, 0.25) is 0 Å². The molecule has 1 N–H and O–H groups in total. The topological polar surface area (TPSA) is 72.7 Å². The van der Waals surface area contributed by atoms with Crippen LogP contribution >= 0.6 is 27.7 Å². The summed E-state index contributed by atoms with van der Waals surface area (Å²) in [5.41, 5.74) is 1.38. The van der Waals surface area contributed by atoms with Gasteiger partial charge in [0.05, 0.1) is 0 Å². The SMILES string of the molecule is Cn1c(=O)[nH]c(=O)c2c1nc(SCCCBr)n2CCCc1ccccc1. The van der Waals surface area contributed by atoms with E-state index in [4.69, 9.17) is 0 Å². The summed E-state index contributed by atoms with van der Waals surface area (Å²) in [4.78, 5) is 31.3. The van der Waals surface area contributed by atoms with E-state index in [9.17, 15) is 9.59 Å². The second kappa shape index (κ2) is 8.73. The van der Waals surface area contributed by atoms with Gasteiger partial charge in [-0.1, -0.05) is 58.0 Å². The van der Waals surface area contributed by atoms with Crippen LogP contribution in [0.5, 0.6) is 0 Å². The van der Waals surface area contributed by atoms with Gasteiger partial charge >= 0.3 is 5.69 Å². The van der Waals surface area contributed by atoms with E-state index in [2.05, 4.69) is 38.0 Å². The van der Waals surface area contributed by atoms with Gasteiger partial charge in [0.1, 0.15) is 0 Å². The Labute approximate surface area is 163 Å². The summed E-state index contributed by atoms with van der Waals surface area (Å²) in [6.07, 6.45) is 2.83. The van der Waals surface area contributed by atoms with Crippen LogP contribution in [0.2, 0.25) is 0 Å². The molecule has 0 amide bonds. The molecule has 0 atom stereocenters. The first-order valence-corrected chi connectivity index (χ1v) is 10.6. The molecule has 0 aliphatic heterocycles. The average Bonchev–Trinajstić information content (AvgIpc) is 3.00. The summed E-state index contributed by atoms with van der Waals surface area (Å²) >= 11 is 5.06. The number of H-pyrrole nitrogens is 1. The number of nitrogens with one attached hydrogen (secondary N) is 1. The van der Waals surface area contributed by atoms with Crippen molar-refractivity contribution in [1.29, 1.82) is 0 Å². The molecule has 0 fully saturated rings. The van der Waals surface area contributed by atoms with Gasteiger partial charge in [0.15, 0.2) is 16.3 Å². The molecule has 0 radical (unpaired) electrons. The average molecular weight is 437 g/mol. The molecule has 138 valence electrons. The molecule has 1 aromatic carbocycles. The molecule has 0 aliphatic rings. The Kier molecular flexibility index (Phi) is 6.37. The smallest absolute Gasteiger partial charge is 0.313 e. The summed E-state index contributed by atoms with van der Waals surface area (Å²) in [7, 11) is 1.63. The number of alkyl halides is 1. The summed E-state index contributed by atoms with van der Waals surface area (Å²) in [6.45, 7) is 0.684.